The van der Waals surface area contributed by atoms with Gasteiger partial charge in [-0.25, -0.2) is 8.42 Å². The SMILES string of the molecule is O=c1[nH]c2cc3c(cc2cc1CN(Cc1ccc2c(c1)OCO2)S(=O)(=O)c1ccc(Cl)cc1)OCO3. The Hall–Kier alpha value is -3.73. The summed E-state index contributed by atoms with van der Waals surface area (Å²) in [4.78, 5) is 15.9. The third-order valence-electron chi connectivity index (χ3n) is 6.01. The molecule has 3 heterocycles. The number of aromatic amines is 1. The first-order chi connectivity index (χ1) is 17.4. The normalized spacial score (nSPS) is 14.1. The molecule has 4 aromatic rings. The molecule has 0 spiro atoms. The monoisotopic (exact) mass is 526 g/mol. The van der Waals surface area contributed by atoms with Crippen LogP contribution in [0, 0.1) is 0 Å². The van der Waals surface area contributed by atoms with E-state index in [1.807, 2.05) is 0 Å². The number of hydrogen-bond donors (Lipinski definition) is 1. The summed E-state index contributed by atoms with van der Waals surface area (Å²) in [6.45, 7) is 0.0429. The Bertz CT molecular complexity index is 1650. The molecule has 1 aromatic heterocycles. The van der Waals surface area contributed by atoms with E-state index in [2.05, 4.69) is 4.98 Å². The molecule has 0 atom stereocenters. The Morgan fingerprint density at radius 1 is 0.806 bits per heavy atom. The van der Waals surface area contributed by atoms with Gasteiger partial charge in [0.1, 0.15) is 0 Å². The van der Waals surface area contributed by atoms with Gasteiger partial charge in [0.2, 0.25) is 23.6 Å². The van der Waals surface area contributed by atoms with E-state index >= 15 is 0 Å². The topological polar surface area (TPSA) is 107 Å². The molecule has 0 amide bonds. The van der Waals surface area contributed by atoms with Gasteiger partial charge in [-0.3, -0.25) is 4.79 Å². The zero-order valence-corrected chi connectivity index (χ0v) is 20.3. The van der Waals surface area contributed by atoms with Gasteiger partial charge in [0.15, 0.2) is 23.0 Å². The fraction of sp³-hybridized carbons (Fsp3) is 0.160. The fourth-order valence-electron chi connectivity index (χ4n) is 4.17. The van der Waals surface area contributed by atoms with Gasteiger partial charge in [-0.15, -0.1) is 0 Å². The largest absolute Gasteiger partial charge is 0.454 e. The minimum Gasteiger partial charge on any atom is -0.454 e. The molecule has 11 heteroatoms. The molecule has 0 unspecified atom stereocenters. The van der Waals surface area contributed by atoms with Crippen molar-refractivity contribution >= 4 is 32.5 Å². The van der Waals surface area contributed by atoms with E-state index < -0.39 is 15.6 Å². The highest BCUT2D eigenvalue weighted by molar-refractivity contribution is 7.89. The molecule has 3 aromatic carbocycles. The molecule has 2 aliphatic heterocycles. The summed E-state index contributed by atoms with van der Waals surface area (Å²) in [6.07, 6.45) is 0. The van der Waals surface area contributed by atoms with Crippen molar-refractivity contribution < 1.29 is 27.4 Å². The van der Waals surface area contributed by atoms with Crippen molar-refractivity contribution in [3.05, 3.63) is 87.2 Å². The molecule has 2 aliphatic rings. The summed E-state index contributed by atoms with van der Waals surface area (Å²) in [5, 5.41) is 1.11. The lowest BCUT2D eigenvalue weighted by molar-refractivity contribution is 0.173. The maximum Gasteiger partial charge on any atom is 0.252 e. The number of rotatable bonds is 6. The number of pyridine rings is 1. The van der Waals surface area contributed by atoms with Crippen molar-refractivity contribution in [3.8, 4) is 23.0 Å². The Balaban J connectivity index is 1.40. The smallest absolute Gasteiger partial charge is 0.252 e. The maximum atomic E-state index is 13.7. The summed E-state index contributed by atoms with van der Waals surface area (Å²) in [5.74, 6) is 2.23. The second-order valence-electron chi connectivity index (χ2n) is 8.33. The minimum absolute atomic E-state index is 0.000214. The third kappa shape index (κ3) is 4.13. The molecule has 184 valence electrons. The average Bonchev–Trinajstić information content (AvgIpc) is 3.51. The molecule has 0 radical (unpaired) electrons. The predicted molar refractivity (Wildman–Crippen MR) is 131 cm³/mol. The molecule has 36 heavy (non-hydrogen) atoms. The van der Waals surface area contributed by atoms with Crippen LogP contribution in [-0.4, -0.2) is 31.3 Å². The van der Waals surface area contributed by atoms with E-state index in [9.17, 15) is 13.2 Å². The quantitative estimate of drug-likeness (QED) is 0.404. The van der Waals surface area contributed by atoms with Gasteiger partial charge in [-0.05, 0) is 54.1 Å². The zero-order chi connectivity index (χ0) is 24.9. The van der Waals surface area contributed by atoms with E-state index in [1.165, 1.54) is 28.6 Å². The highest BCUT2D eigenvalue weighted by Gasteiger charge is 2.27. The summed E-state index contributed by atoms with van der Waals surface area (Å²) in [6, 6.07) is 16.3. The van der Waals surface area contributed by atoms with Gasteiger partial charge >= 0.3 is 0 Å². The second-order valence-corrected chi connectivity index (χ2v) is 10.7. The molecule has 0 fully saturated rings. The first kappa shape index (κ1) is 22.7. The van der Waals surface area contributed by atoms with Gasteiger partial charge < -0.3 is 23.9 Å². The lowest BCUT2D eigenvalue weighted by Gasteiger charge is -2.22. The number of ether oxygens (including phenoxy) is 4. The van der Waals surface area contributed by atoms with Gasteiger partial charge in [-0.1, -0.05) is 17.7 Å². The van der Waals surface area contributed by atoms with Crippen molar-refractivity contribution in [2.24, 2.45) is 0 Å². The van der Waals surface area contributed by atoms with Gasteiger partial charge in [-0.2, -0.15) is 4.31 Å². The van der Waals surface area contributed by atoms with Crippen LogP contribution < -0.4 is 24.5 Å². The van der Waals surface area contributed by atoms with Crippen LogP contribution in [0.5, 0.6) is 23.0 Å². The van der Waals surface area contributed by atoms with Crippen molar-refractivity contribution in [3.63, 3.8) is 0 Å². The van der Waals surface area contributed by atoms with Crippen LogP contribution in [0.15, 0.2) is 70.4 Å². The average molecular weight is 527 g/mol. The lowest BCUT2D eigenvalue weighted by atomic mass is 10.1. The van der Waals surface area contributed by atoms with Crippen LogP contribution >= 0.6 is 11.6 Å². The number of fused-ring (bicyclic) bond motifs is 3. The van der Waals surface area contributed by atoms with Crippen LogP contribution in [-0.2, 0) is 23.1 Å². The Morgan fingerprint density at radius 3 is 2.22 bits per heavy atom. The van der Waals surface area contributed by atoms with Crippen LogP contribution in [0.4, 0.5) is 0 Å². The standard InChI is InChI=1S/C25H19ClN2O7S/c26-18-2-4-19(5-3-18)36(30,31)28(11-15-1-6-21-22(7-15)33-13-32-21)12-17-8-16-9-23-24(35-14-34-23)10-20(16)27-25(17)29/h1-10H,11-14H2,(H,27,29). The van der Waals surface area contributed by atoms with E-state index in [1.54, 1.807) is 36.4 Å². The highest BCUT2D eigenvalue weighted by Crippen LogP contribution is 2.36. The first-order valence-electron chi connectivity index (χ1n) is 11.0. The van der Waals surface area contributed by atoms with E-state index in [0.717, 1.165) is 0 Å². The number of halogens is 1. The summed E-state index contributed by atoms with van der Waals surface area (Å²) in [5.41, 5.74) is 1.12. The number of sulfonamides is 1. The predicted octanol–water partition coefficient (Wildman–Crippen LogP) is 4.03. The lowest BCUT2D eigenvalue weighted by Crippen LogP contribution is -2.32. The first-order valence-corrected chi connectivity index (χ1v) is 12.8. The summed E-state index contributed by atoms with van der Waals surface area (Å²) >= 11 is 5.97. The van der Waals surface area contributed by atoms with E-state index in [-0.39, 0.29) is 37.1 Å². The van der Waals surface area contributed by atoms with Crippen molar-refractivity contribution in [2.75, 3.05) is 13.6 Å². The minimum atomic E-state index is -4.00. The van der Waals surface area contributed by atoms with E-state index in [4.69, 9.17) is 30.5 Å². The van der Waals surface area contributed by atoms with Gasteiger partial charge in [0.25, 0.3) is 5.56 Å². The number of H-pyrrole nitrogens is 1. The molecule has 1 N–H and O–H groups in total. The number of nitrogens with one attached hydrogen (secondary N) is 1. The fourth-order valence-corrected chi connectivity index (χ4v) is 5.71. The summed E-state index contributed by atoms with van der Waals surface area (Å²) in [7, 11) is -4.00. The molecular weight excluding hydrogens is 508 g/mol. The van der Waals surface area contributed by atoms with Crippen LogP contribution in [0.25, 0.3) is 10.9 Å². The molecular formula is C25H19ClN2O7S. The van der Waals surface area contributed by atoms with Crippen molar-refractivity contribution in [1.82, 2.24) is 9.29 Å². The van der Waals surface area contributed by atoms with Crippen LogP contribution in [0.1, 0.15) is 11.1 Å². The van der Waals surface area contributed by atoms with Crippen LogP contribution in [0.3, 0.4) is 0 Å². The van der Waals surface area contributed by atoms with Crippen molar-refractivity contribution in [2.45, 2.75) is 18.0 Å². The molecule has 0 aliphatic carbocycles. The van der Waals surface area contributed by atoms with Crippen molar-refractivity contribution in [1.29, 1.82) is 0 Å². The molecule has 9 nitrogen and oxygen atoms in total. The summed E-state index contributed by atoms with van der Waals surface area (Å²) < 4.78 is 50.3. The molecule has 0 bridgehead atoms. The Morgan fingerprint density at radius 2 is 1.47 bits per heavy atom. The maximum absolute atomic E-state index is 13.7. The van der Waals surface area contributed by atoms with Gasteiger partial charge in [0, 0.05) is 35.1 Å². The molecule has 0 saturated carbocycles. The van der Waals surface area contributed by atoms with Gasteiger partial charge in [0.05, 0.1) is 10.4 Å². The molecule has 6 rings (SSSR count). The number of benzene rings is 3. The Labute approximate surface area is 210 Å². The second kappa shape index (κ2) is 8.74. The van der Waals surface area contributed by atoms with Crippen LogP contribution in [0.2, 0.25) is 5.02 Å². The number of nitrogens with zero attached hydrogens (tertiary/aromatic N) is 1. The molecule has 0 saturated heterocycles. The zero-order valence-electron chi connectivity index (χ0n) is 18.7. The Kier molecular flexibility index (Phi) is 5.51. The van der Waals surface area contributed by atoms with E-state index in [0.29, 0.717) is 44.5 Å². The third-order valence-corrected chi connectivity index (χ3v) is 8.07. The number of hydrogen-bond acceptors (Lipinski definition) is 7. The number of aromatic nitrogens is 1. The highest BCUT2D eigenvalue weighted by atomic mass is 35.5.